The van der Waals surface area contributed by atoms with Crippen molar-refractivity contribution in [3.8, 4) is 5.75 Å². The number of benzene rings is 3. The van der Waals surface area contributed by atoms with Gasteiger partial charge in [0.2, 0.25) is 5.91 Å². The number of piperazine rings is 1. The quantitative estimate of drug-likeness (QED) is 0.170. The van der Waals surface area contributed by atoms with Crippen LogP contribution in [-0.4, -0.2) is 62.0 Å². The summed E-state index contributed by atoms with van der Waals surface area (Å²) in [6, 6.07) is 13.4. The molecule has 13 heteroatoms. The highest BCUT2D eigenvalue weighted by molar-refractivity contribution is 6.74. The molecule has 2 unspecified atom stereocenters. The van der Waals surface area contributed by atoms with Crippen LogP contribution in [0.2, 0.25) is 18.1 Å². The summed E-state index contributed by atoms with van der Waals surface area (Å²) in [6.45, 7) is 11.1. The van der Waals surface area contributed by atoms with Gasteiger partial charge < -0.3 is 24.5 Å². The van der Waals surface area contributed by atoms with Crippen LogP contribution in [0.4, 0.5) is 23.7 Å². The summed E-state index contributed by atoms with van der Waals surface area (Å²) in [7, 11) is -2.32. The molecule has 2 heterocycles. The second kappa shape index (κ2) is 14.3. The number of anilines is 1. The van der Waals surface area contributed by atoms with E-state index < -0.39 is 56.1 Å². The van der Waals surface area contributed by atoms with E-state index in [0.717, 1.165) is 16.5 Å². The maximum absolute atomic E-state index is 16.0. The van der Waals surface area contributed by atoms with E-state index in [1.807, 2.05) is 0 Å². The van der Waals surface area contributed by atoms with E-state index in [1.54, 1.807) is 12.1 Å². The monoisotopic (exact) mass is 697 g/mol. The van der Waals surface area contributed by atoms with E-state index in [9.17, 15) is 28.3 Å². The van der Waals surface area contributed by atoms with Crippen molar-refractivity contribution in [1.29, 1.82) is 0 Å². The minimum atomic E-state index is -2.32. The zero-order chi connectivity index (χ0) is 35.7. The standard InChI is InChI=1S/C36H42F3N3O6Si/c1-36(2,3)49(4,5)48-31(22-6-8-23(37)9-7-22)17-16-28-32(42(33(28)43)25-12-10-24(38)11-13-25)27-15-14-26(20-29(27)39)47-35(46)41-19-18-40-21-30(41)34(44)45/h6-15,20,28,30-32,40H,16-19,21H2,1-5H3,(H,44,45)/t28-,30?,31?,32-/m1/s1. The lowest BCUT2D eigenvalue weighted by Crippen LogP contribution is -2.57. The third-order valence-corrected chi connectivity index (χ3v) is 14.3. The summed E-state index contributed by atoms with van der Waals surface area (Å²) >= 11 is 0. The summed E-state index contributed by atoms with van der Waals surface area (Å²) < 4.78 is 55.8. The van der Waals surface area contributed by atoms with Crippen LogP contribution in [0, 0.1) is 23.4 Å². The molecular formula is C36H42F3N3O6Si. The first-order valence-electron chi connectivity index (χ1n) is 16.3. The zero-order valence-corrected chi connectivity index (χ0v) is 29.2. The van der Waals surface area contributed by atoms with E-state index in [4.69, 9.17) is 9.16 Å². The normalized spacial score (nSPS) is 20.5. The van der Waals surface area contributed by atoms with E-state index in [0.29, 0.717) is 25.1 Å². The molecule has 0 aliphatic carbocycles. The Morgan fingerprint density at radius 1 is 1.00 bits per heavy atom. The molecule has 2 amide bonds. The van der Waals surface area contributed by atoms with Crippen LogP contribution >= 0.6 is 0 Å². The van der Waals surface area contributed by atoms with Crippen molar-refractivity contribution in [2.75, 3.05) is 24.5 Å². The largest absolute Gasteiger partial charge is 0.480 e. The van der Waals surface area contributed by atoms with Gasteiger partial charge in [0.25, 0.3) is 0 Å². The van der Waals surface area contributed by atoms with E-state index in [-0.39, 0.29) is 41.2 Å². The summed E-state index contributed by atoms with van der Waals surface area (Å²) in [5.74, 6) is -3.85. The van der Waals surface area contributed by atoms with Crippen LogP contribution in [0.15, 0.2) is 66.7 Å². The van der Waals surface area contributed by atoms with E-state index in [1.165, 1.54) is 53.4 Å². The fraction of sp³-hybridized carbons (Fsp3) is 0.417. The Balaban J connectivity index is 1.41. The number of carbonyl (C=O) groups is 3. The first-order valence-corrected chi connectivity index (χ1v) is 19.2. The second-order valence-electron chi connectivity index (χ2n) is 14.0. The van der Waals surface area contributed by atoms with Crippen molar-refractivity contribution in [3.05, 3.63) is 95.3 Å². The van der Waals surface area contributed by atoms with Crippen molar-refractivity contribution in [2.45, 2.75) is 69.9 Å². The second-order valence-corrected chi connectivity index (χ2v) is 18.8. The van der Waals surface area contributed by atoms with Gasteiger partial charge in [0.15, 0.2) is 8.32 Å². The molecule has 2 saturated heterocycles. The van der Waals surface area contributed by atoms with Gasteiger partial charge in [-0.05, 0) is 79.0 Å². The van der Waals surface area contributed by atoms with Crippen molar-refractivity contribution in [2.24, 2.45) is 5.92 Å². The Morgan fingerprint density at radius 3 is 2.22 bits per heavy atom. The molecule has 0 radical (unpaired) electrons. The van der Waals surface area contributed by atoms with Crippen LogP contribution in [0.25, 0.3) is 0 Å². The molecule has 3 aromatic rings. The van der Waals surface area contributed by atoms with Crippen molar-refractivity contribution in [3.63, 3.8) is 0 Å². The van der Waals surface area contributed by atoms with Crippen LogP contribution in [0.3, 0.4) is 0 Å². The summed E-state index contributed by atoms with van der Waals surface area (Å²) in [4.78, 5) is 40.8. The Bertz CT molecular complexity index is 1680. The van der Waals surface area contributed by atoms with Gasteiger partial charge in [0, 0.05) is 37.0 Å². The zero-order valence-electron chi connectivity index (χ0n) is 28.2. The number of carbonyl (C=O) groups excluding carboxylic acids is 2. The third kappa shape index (κ3) is 7.84. The Hall–Kier alpha value is -4.20. The lowest BCUT2D eigenvalue weighted by molar-refractivity contribution is -0.143. The molecule has 2 aliphatic heterocycles. The molecule has 0 aromatic heterocycles. The topological polar surface area (TPSA) is 108 Å². The predicted molar refractivity (Wildman–Crippen MR) is 180 cm³/mol. The number of carboxylic acids is 1. The van der Waals surface area contributed by atoms with Gasteiger partial charge in [-0.15, -0.1) is 0 Å². The minimum absolute atomic E-state index is 0.0526. The van der Waals surface area contributed by atoms with Gasteiger partial charge in [-0.2, -0.15) is 0 Å². The lowest BCUT2D eigenvalue weighted by atomic mass is 9.78. The molecule has 2 aliphatic rings. The number of hydrogen-bond acceptors (Lipinski definition) is 6. The SMILES string of the molecule is CC(C)(C)[Si](C)(C)OC(CC[C@H]1C(=O)N(c2ccc(F)cc2)[C@@H]1c1ccc(OC(=O)N2CCNCC2C(=O)O)cc1F)c1ccc(F)cc1. The molecule has 3 aromatic carbocycles. The molecular weight excluding hydrogens is 655 g/mol. The molecule has 0 bridgehead atoms. The predicted octanol–water partition coefficient (Wildman–Crippen LogP) is 7.21. The first-order chi connectivity index (χ1) is 23.1. The number of carboxylic acid groups (broad SMARTS) is 1. The average Bonchev–Trinajstić information content (AvgIpc) is 3.04. The fourth-order valence-electron chi connectivity index (χ4n) is 6.02. The van der Waals surface area contributed by atoms with Crippen LogP contribution < -0.4 is 15.0 Å². The van der Waals surface area contributed by atoms with Gasteiger partial charge in [0.1, 0.15) is 29.2 Å². The molecule has 9 nitrogen and oxygen atoms in total. The van der Waals surface area contributed by atoms with Gasteiger partial charge >= 0.3 is 12.1 Å². The highest BCUT2D eigenvalue weighted by Gasteiger charge is 2.50. The molecule has 2 fully saturated rings. The number of nitrogens with one attached hydrogen (secondary N) is 1. The van der Waals surface area contributed by atoms with Gasteiger partial charge in [-0.1, -0.05) is 39.0 Å². The molecule has 0 spiro atoms. The van der Waals surface area contributed by atoms with Crippen LogP contribution in [0.5, 0.6) is 5.75 Å². The van der Waals surface area contributed by atoms with E-state index in [2.05, 4.69) is 39.2 Å². The minimum Gasteiger partial charge on any atom is -0.480 e. The summed E-state index contributed by atoms with van der Waals surface area (Å²) in [6.07, 6.45) is -0.650. The number of β-lactam (4-membered cyclic amide) rings is 1. The molecule has 5 rings (SSSR count). The Morgan fingerprint density at radius 2 is 1.63 bits per heavy atom. The Labute approximate surface area is 285 Å². The lowest BCUT2D eigenvalue weighted by Gasteiger charge is -2.48. The molecule has 49 heavy (non-hydrogen) atoms. The number of ether oxygens (including phenoxy) is 1. The molecule has 0 saturated carbocycles. The highest BCUT2D eigenvalue weighted by atomic mass is 28.4. The van der Waals surface area contributed by atoms with Crippen LogP contribution in [0.1, 0.15) is 56.9 Å². The first kappa shape index (κ1) is 36.1. The Kier molecular flexibility index (Phi) is 10.6. The number of rotatable bonds is 10. The average molecular weight is 698 g/mol. The number of halogens is 3. The van der Waals surface area contributed by atoms with Gasteiger partial charge in [-0.25, -0.2) is 22.8 Å². The summed E-state index contributed by atoms with van der Waals surface area (Å²) in [5, 5.41) is 12.3. The van der Waals surface area contributed by atoms with E-state index >= 15 is 4.39 Å². The number of amides is 2. The highest BCUT2D eigenvalue weighted by Crippen LogP contribution is 2.48. The number of aliphatic carboxylic acids is 1. The van der Waals surface area contributed by atoms with Crippen molar-refractivity contribution in [1.82, 2.24) is 10.2 Å². The summed E-state index contributed by atoms with van der Waals surface area (Å²) in [5.41, 5.74) is 1.34. The maximum atomic E-state index is 16.0. The maximum Gasteiger partial charge on any atom is 0.416 e. The number of hydrogen-bond donors (Lipinski definition) is 2. The third-order valence-electron chi connectivity index (χ3n) is 9.80. The molecule has 4 atom stereocenters. The van der Waals surface area contributed by atoms with Gasteiger partial charge in [-0.3, -0.25) is 9.69 Å². The molecule has 2 N–H and O–H groups in total. The van der Waals surface area contributed by atoms with Gasteiger partial charge in [0.05, 0.1) is 18.1 Å². The van der Waals surface area contributed by atoms with Crippen LogP contribution in [-0.2, 0) is 14.0 Å². The number of nitrogens with zero attached hydrogens (tertiary/aromatic N) is 2. The van der Waals surface area contributed by atoms with Crippen molar-refractivity contribution < 1.29 is 41.8 Å². The molecule has 262 valence electrons. The fourth-order valence-corrected chi connectivity index (χ4v) is 7.34. The smallest absolute Gasteiger partial charge is 0.416 e. The van der Waals surface area contributed by atoms with Crippen molar-refractivity contribution >= 4 is 32.0 Å².